The lowest BCUT2D eigenvalue weighted by Crippen LogP contribution is -2.43. The molecule has 0 bridgehead atoms. The summed E-state index contributed by atoms with van der Waals surface area (Å²) in [5.41, 5.74) is 1.18. The van der Waals surface area contributed by atoms with Crippen LogP contribution in [0.15, 0.2) is 46.7 Å². The Morgan fingerprint density at radius 3 is 2.60 bits per heavy atom. The monoisotopic (exact) mass is 433 g/mol. The third kappa shape index (κ3) is 3.39. The summed E-state index contributed by atoms with van der Waals surface area (Å²) in [6.45, 7) is 1.49. The molecule has 154 valence electrons. The molecule has 8 nitrogen and oxygen atoms in total. The zero-order valence-corrected chi connectivity index (χ0v) is 16.2. The Morgan fingerprint density at radius 1 is 1.13 bits per heavy atom. The van der Waals surface area contributed by atoms with E-state index in [-0.39, 0.29) is 12.2 Å². The summed E-state index contributed by atoms with van der Waals surface area (Å²) in [5, 5.41) is 11.6. The van der Waals surface area contributed by atoms with Crippen LogP contribution in [0, 0.1) is 18.6 Å². The highest BCUT2D eigenvalue weighted by atomic mass is 35.5. The molecule has 1 N–H and O–H groups in total. The molecule has 4 rings (SSSR count). The van der Waals surface area contributed by atoms with Crippen molar-refractivity contribution in [2.45, 2.75) is 19.0 Å². The first-order valence-corrected chi connectivity index (χ1v) is 9.20. The minimum Gasteiger partial charge on any atom is -0.323 e. The highest BCUT2D eigenvalue weighted by Gasteiger charge is 2.55. The van der Waals surface area contributed by atoms with Gasteiger partial charge in [0, 0.05) is 6.07 Å². The van der Waals surface area contributed by atoms with Gasteiger partial charge < -0.3 is 5.32 Å². The van der Waals surface area contributed by atoms with Crippen LogP contribution < -0.4 is 10.2 Å². The summed E-state index contributed by atoms with van der Waals surface area (Å²) < 4.78 is 26.7. The van der Waals surface area contributed by atoms with Gasteiger partial charge in [-0.15, -0.1) is 0 Å². The van der Waals surface area contributed by atoms with Gasteiger partial charge in [-0.3, -0.25) is 19.4 Å². The average molecular weight is 434 g/mol. The lowest BCUT2D eigenvalue weighted by Gasteiger charge is -2.20. The molecule has 0 spiro atoms. The quantitative estimate of drug-likeness (QED) is 0.750. The van der Waals surface area contributed by atoms with Crippen molar-refractivity contribution in [1.82, 2.24) is 5.01 Å². The molecular formula is C19H14ClF2N5O3. The molecule has 30 heavy (non-hydrogen) atoms. The Labute approximate surface area is 174 Å². The van der Waals surface area contributed by atoms with E-state index in [0.717, 1.165) is 33.7 Å². The molecule has 0 saturated carbocycles. The van der Waals surface area contributed by atoms with Crippen molar-refractivity contribution >= 4 is 40.7 Å². The van der Waals surface area contributed by atoms with E-state index < -0.39 is 41.4 Å². The van der Waals surface area contributed by atoms with E-state index in [9.17, 15) is 23.2 Å². The topological polar surface area (TPSA) is 94.4 Å². The van der Waals surface area contributed by atoms with Gasteiger partial charge in [-0.05, 0) is 36.8 Å². The maximum atomic E-state index is 13.5. The van der Waals surface area contributed by atoms with E-state index in [1.807, 2.05) is 6.92 Å². The fourth-order valence-electron chi connectivity index (χ4n) is 3.29. The predicted octanol–water partition coefficient (Wildman–Crippen LogP) is 2.86. The molecule has 0 radical (unpaired) electrons. The number of rotatable bonds is 4. The van der Waals surface area contributed by atoms with Gasteiger partial charge in [-0.1, -0.05) is 22.9 Å². The number of anilines is 2. The van der Waals surface area contributed by atoms with Crippen LogP contribution in [0.5, 0.6) is 0 Å². The molecular weight excluding hydrogens is 420 g/mol. The van der Waals surface area contributed by atoms with Crippen molar-refractivity contribution in [3.05, 3.63) is 58.6 Å². The largest absolute Gasteiger partial charge is 0.323 e. The van der Waals surface area contributed by atoms with Gasteiger partial charge >= 0.3 is 0 Å². The SMILES string of the molecule is Cc1ccc(NC(=O)CN2N=N[C@H]3C(=O)N(c4ccc(F)c(F)c4)C(=O)[C@H]32)c(Cl)c1. The molecule has 2 atom stereocenters. The summed E-state index contributed by atoms with van der Waals surface area (Å²) >= 11 is 6.10. The van der Waals surface area contributed by atoms with Gasteiger partial charge in [-0.2, -0.15) is 5.11 Å². The number of nitrogens with zero attached hydrogens (tertiary/aromatic N) is 4. The van der Waals surface area contributed by atoms with Gasteiger partial charge in [0.25, 0.3) is 11.8 Å². The van der Waals surface area contributed by atoms with Gasteiger partial charge in [0.2, 0.25) is 5.91 Å². The summed E-state index contributed by atoms with van der Waals surface area (Å²) in [5.74, 6) is -4.29. The van der Waals surface area contributed by atoms with E-state index in [1.165, 1.54) is 0 Å². The van der Waals surface area contributed by atoms with Crippen LogP contribution in [0.3, 0.4) is 0 Å². The number of nitrogens with one attached hydrogen (secondary N) is 1. The van der Waals surface area contributed by atoms with E-state index in [2.05, 4.69) is 15.7 Å². The molecule has 1 fully saturated rings. The van der Waals surface area contributed by atoms with Crippen LogP contribution in [0.4, 0.5) is 20.2 Å². The number of amides is 3. The molecule has 2 aromatic rings. The van der Waals surface area contributed by atoms with Crippen LogP contribution in [0.2, 0.25) is 5.02 Å². The van der Waals surface area contributed by atoms with E-state index in [4.69, 9.17) is 11.6 Å². The van der Waals surface area contributed by atoms with Crippen molar-refractivity contribution in [2.75, 3.05) is 16.8 Å². The first kappa shape index (κ1) is 19.9. The predicted molar refractivity (Wildman–Crippen MR) is 103 cm³/mol. The third-order valence-corrected chi connectivity index (χ3v) is 5.04. The molecule has 3 amide bonds. The number of halogens is 3. The second-order valence-electron chi connectivity index (χ2n) is 6.83. The van der Waals surface area contributed by atoms with Crippen LogP contribution in [-0.4, -0.2) is 41.4 Å². The molecule has 0 aliphatic carbocycles. The summed E-state index contributed by atoms with van der Waals surface area (Å²) in [6.07, 6.45) is 0. The summed E-state index contributed by atoms with van der Waals surface area (Å²) in [4.78, 5) is 38.5. The van der Waals surface area contributed by atoms with Gasteiger partial charge in [-0.25, -0.2) is 13.7 Å². The molecule has 2 aromatic carbocycles. The van der Waals surface area contributed by atoms with Crippen molar-refractivity contribution < 1.29 is 23.2 Å². The first-order chi connectivity index (χ1) is 14.3. The maximum absolute atomic E-state index is 13.5. The Bertz CT molecular complexity index is 1110. The highest BCUT2D eigenvalue weighted by Crippen LogP contribution is 2.32. The number of hydrogen-bond donors (Lipinski definition) is 1. The number of hydrogen-bond acceptors (Lipinski definition) is 6. The minimum absolute atomic E-state index is 0.121. The van der Waals surface area contributed by atoms with Crippen molar-refractivity contribution in [2.24, 2.45) is 10.3 Å². The number of carbonyl (C=O) groups excluding carboxylic acids is 3. The first-order valence-electron chi connectivity index (χ1n) is 8.82. The van der Waals surface area contributed by atoms with E-state index >= 15 is 0 Å². The Kier molecular flexibility index (Phi) is 4.94. The van der Waals surface area contributed by atoms with Crippen LogP contribution in [-0.2, 0) is 14.4 Å². The third-order valence-electron chi connectivity index (χ3n) is 4.72. The zero-order chi connectivity index (χ0) is 21.6. The van der Waals surface area contributed by atoms with Gasteiger partial charge in [0.1, 0.15) is 6.54 Å². The Morgan fingerprint density at radius 2 is 1.90 bits per heavy atom. The normalized spacial score (nSPS) is 20.1. The molecule has 2 heterocycles. The molecule has 1 saturated heterocycles. The molecule has 2 aliphatic rings. The van der Waals surface area contributed by atoms with Crippen molar-refractivity contribution in [3.8, 4) is 0 Å². The van der Waals surface area contributed by atoms with Crippen molar-refractivity contribution in [3.63, 3.8) is 0 Å². The Balaban J connectivity index is 1.50. The zero-order valence-electron chi connectivity index (χ0n) is 15.5. The van der Waals surface area contributed by atoms with E-state index in [0.29, 0.717) is 10.7 Å². The number of benzene rings is 2. The van der Waals surface area contributed by atoms with Gasteiger partial charge in [0.15, 0.2) is 23.7 Å². The highest BCUT2D eigenvalue weighted by molar-refractivity contribution is 6.33. The van der Waals surface area contributed by atoms with E-state index in [1.54, 1.807) is 18.2 Å². The fourth-order valence-corrected chi connectivity index (χ4v) is 3.57. The second-order valence-corrected chi connectivity index (χ2v) is 7.24. The number of aryl methyl sites for hydroxylation is 1. The minimum atomic E-state index is -1.20. The van der Waals surface area contributed by atoms with Crippen LogP contribution in [0.1, 0.15) is 5.56 Å². The second kappa shape index (κ2) is 7.45. The van der Waals surface area contributed by atoms with Crippen molar-refractivity contribution in [1.29, 1.82) is 0 Å². The maximum Gasteiger partial charge on any atom is 0.263 e. The molecule has 0 unspecified atom stereocenters. The summed E-state index contributed by atoms with van der Waals surface area (Å²) in [7, 11) is 0. The standard InChI is InChI=1S/C19H14ClF2N5O3/c1-9-2-5-14(11(20)6-9)23-15(28)8-26-17-16(24-25-26)18(29)27(19(17)30)10-3-4-12(21)13(22)7-10/h2-7,16-17H,8H2,1H3,(H,23,28)/t16-,17+/m1/s1. The molecule has 0 aromatic heterocycles. The molecule has 2 aliphatic heterocycles. The van der Waals surface area contributed by atoms with Crippen LogP contribution in [0.25, 0.3) is 0 Å². The Hall–Kier alpha value is -3.40. The smallest absolute Gasteiger partial charge is 0.263 e. The molecule has 11 heteroatoms. The van der Waals surface area contributed by atoms with Gasteiger partial charge in [0.05, 0.1) is 16.4 Å². The number of imide groups is 1. The fraction of sp³-hybridized carbons (Fsp3) is 0.211. The lowest BCUT2D eigenvalue weighted by atomic mass is 10.1. The number of carbonyl (C=O) groups is 3. The summed E-state index contributed by atoms with van der Waals surface area (Å²) in [6, 6.07) is 5.46. The van der Waals surface area contributed by atoms with Crippen LogP contribution >= 0.6 is 11.6 Å². The number of fused-ring (bicyclic) bond motifs is 1. The average Bonchev–Trinajstić information content (AvgIpc) is 3.20. The lowest BCUT2D eigenvalue weighted by molar-refractivity contribution is -0.123.